The summed E-state index contributed by atoms with van der Waals surface area (Å²) in [6, 6.07) is 16.3. The molecule has 0 fully saturated rings. The van der Waals surface area contributed by atoms with E-state index in [0.717, 1.165) is 11.1 Å². The second-order valence-corrected chi connectivity index (χ2v) is 8.39. The molecule has 2 atom stereocenters. The molecule has 0 saturated carbocycles. The van der Waals surface area contributed by atoms with E-state index in [2.05, 4.69) is 34.9 Å². The maximum atomic E-state index is 12.2. The highest BCUT2D eigenvalue weighted by atomic mass is 16.5. The van der Waals surface area contributed by atoms with Crippen molar-refractivity contribution in [2.75, 3.05) is 19.7 Å². The Balaban J connectivity index is 1.44. The van der Waals surface area contributed by atoms with Gasteiger partial charge in [0.1, 0.15) is 6.61 Å². The van der Waals surface area contributed by atoms with Crippen LogP contribution >= 0.6 is 0 Å². The van der Waals surface area contributed by atoms with E-state index in [1.165, 1.54) is 11.1 Å². The normalized spacial score (nSPS) is 14.1. The molecule has 3 N–H and O–H groups in total. The lowest BCUT2D eigenvalue weighted by Crippen LogP contribution is -2.39. The van der Waals surface area contributed by atoms with Crippen LogP contribution in [-0.2, 0) is 14.3 Å². The Morgan fingerprint density at radius 2 is 1.53 bits per heavy atom. The number of fused-ring (bicyclic) bond motifs is 3. The fraction of sp³-hybridized carbons (Fsp3) is 0.400. The molecule has 0 bridgehead atoms. The minimum Gasteiger partial charge on any atom is -0.481 e. The summed E-state index contributed by atoms with van der Waals surface area (Å²) in [6.45, 7) is 4.40. The average molecular weight is 439 g/mol. The van der Waals surface area contributed by atoms with E-state index < -0.39 is 18.0 Å². The van der Waals surface area contributed by atoms with Crippen molar-refractivity contribution >= 4 is 18.0 Å². The van der Waals surface area contributed by atoms with E-state index in [9.17, 15) is 14.4 Å². The van der Waals surface area contributed by atoms with Crippen molar-refractivity contribution in [1.82, 2.24) is 10.6 Å². The van der Waals surface area contributed by atoms with Crippen LogP contribution in [-0.4, -0.2) is 42.8 Å². The average Bonchev–Trinajstić information content (AvgIpc) is 3.12. The van der Waals surface area contributed by atoms with E-state index in [4.69, 9.17) is 9.84 Å². The summed E-state index contributed by atoms with van der Waals surface area (Å²) in [5, 5.41) is 14.2. The van der Waals surface area contributed by atoms with Gasteiger partial charge < -0.3 is 20.5 Å². The number of benzene rings is 2. The SMILES string of the molecule is CC(CCC(=O)O)CNC(=O)C(C)CNC(=O)OCC1c2ccccc2-c2ccccc21. The lowest BCUT2D eigenvalue weighted by molar-refractivity contribution is -0.137. The van der Waals surface area contributed by atoms with Gasteiger partial charge in [0.05, 0.1) is 5.92 Å². The maximum Gasteiger partial charge on any atom is 0.407 e. The van der Waals surface area contributed by atoms with E-state index in [1.807, 2.05) is 31.2 Å². The Kier molecular flexibility index (Phi) is 7.87. The molecule has 3 rings (SSSR count). The third-order valence-corrected chi connectivity index (χ3v) is 5.82. The van der Waals surface area contributed by atoms with Crippen LogP contribution in [0.15, 0.2) is 48.5 Å². The van der Waals surface area contributed by atoms with Crippen molar-refractivity contribution in [3.05, 3.63) is 59.7 Å². The van der Waals surface area contributed by atoms with Crippen molar-refractivity contribution in [3.63, 3.8) is 0 Å². The van der Waals surface area contributed by atoms with Gasteiger partial charge in [-0.3, -0.25) is 9.59 Å². The van der Waals surface area contributed by atoms with Crippen LogP contribution in [0.2, 0.25) is 0 Å². The van der Waals surface area contributed by atoms with E-state index >= 15 is 0 Å². The molecular weight excluding hydrogens is 408 g/mol. The molecule has 7 nitrogen and oxygen atoms in total. The van der Waals surface area contributed by atoms with Crippen molar-refractivity contribution < 1.29 is 24.2 Å². The predicted molar refractivity (Wildman–Crippen MR) is 121 cm³/mol. The fourth-order valence-electron chi connectivity index (χ4n) is 3.90. The fourth-order valence-corrected chi connectivity index (χ4v) is 3.90. The largest absolute Gasteiger partial charge is 0.481 e. The highest BCUT2D eigenvalue weighted by Gasteiger charge is 2.29. The number of carbonyl (C=O) groups excluding carboxylic acids is 2. The van der Waals surface area contributed by atoms with Crippen LogP contribution in [0.4, 0.5) is 4.79 Å². The highest BCUT2D eigenvalue weighted by molar-refractivity contribution is 5.80. The number of nitrogens with one attached hydrogen (secondary N) is 2. The summed E-state index contributed by atoms with van der Waals surface area (Å²) < 4.78 is 5.49. The molecule has 2 aromatic rings. The van der Waals surface area contributed by atoms with Crippen molar-refractivity contribution in [2.45, 2.75) is 32.6 Å². The summed E-state index contributed by atoms with van der Waals surface area (Å²) in [5.41, 5.74) is 4.62. The van der Waals surface area contributed by atoms with Gasteiger partial charge in [-0.2, -0.15) is 0 Å². The molecular formula is C25H30N2O5. The summed E-state index contributed by atoms with van der Waals surface area (Å²) in [4.78, 5) is 35.1. The molecule has 0 spiro atoms. The lowest BCUT2D eigenvalue weighted by Gasteiger charge is -2.17. The third kappa shape index (κ3) is 5.87. The van der Waals surface area contributed by atoms with E-state index in [0.29, 0.717) is 13.0 Å². The first-order chi connectivity index (χ1) is 15.4. The maximum absolute atomic E-state index is 12.2. The molecule has 1 aliphatic carbocycles. The number of carboxylic acid groups (broad SMARTS) is 1. The monoisotopic (exact) mass is 438 g/mol. The minimum absolute atomic E-state index is 0.0128. The first-order valence-electron chi connectivity index (χ1n) is 10.9. The quantitative estimate of drug-likeness (QED) is 0.524. The van der Waals surface area contributed by atoms with Crippen molar-refractivity contribution in [2.24, 2.45) is 11.8 Å². The second kappa shape index (κ2) is 10.8. The Hall–Kier alpha value is -3.35. The molecule has 32 heavy (non-hydrogen) atoms. The molecule has 2 aromatic carbocycles. The lowest BCUT2D eigenvalue weighted by atomic mass is 9.98. The van der Waals surface area contributed by atoms with Gasteiger partial charge in [0.2, 0.25) is 5.91 Å². The third-order valence-electron chi connectivity index (χ3n) is 5.82. The van der Waals surface area contributed by atoms with E-state index in [-0.39, 0.29) is 37.3 Å². The zero-order valence-electron chi connectivity index (χ0n) is 18.5. The number of carbonyl (C=O) groups is 3. The van der Waals surface area contributed by atoms with Crippen LogP contribution in [0.3, 0.4) is 0 Å². The van der Waals surface area contributed by atoms with Gasteiger partial charge in [-0.1, -0.05) is 62.4 Å². The Bertz CT molecular complexity index is 929. The number of aliphatic carboxylic acids is 1. The number of amides is 2. The Labute approximate surface area is 188 Å². The van der Waals surface area contributed by atoms with Gasteiger partial charge in [-0.25, -0.2) is 4.79 Å². The number of ether oxygens (including phenoxy) is 1. The number of hydrogen-bond acceptors (Lipinski definition) is 4. The van der Waals surface area contributed by atoms with E-state index in [1.54, 1.807) is 6.92 Å². The number of alkyl carbamates (subject to hydrolysis) is 1. The van der Waals surface area contributed by atoms with Gasteiger partial charge in [0.15, 0.2) is 0 Å². The molecule has 0 aromatic heterocycles. The number of hydrogen-bond donors (Lipinski definition) is 3. The smallest absolute Gasteiger partial charge is 0.407 e. The summed E-state index contributed by atoms with van der Waals surface area (Å²) in [6.07, 6.45) is 0.0270. The Morgan fingerprint density at radius 1 is 0.938 bits per heavy atom. The molecule has 0 radical (unpaired) electrons. The molecule has 0 aliphatic heterocycles. The zero-order chi connectivity index (χ0) is 23.1. The summed E-state index contributed by atoms with van der Waals surface area (Å²) in [7, 11) is 0. The number of carboxylic acids is 1. The van der Waals surface area contributed by atoms with Gasteiger partial charge in [0, 0.05) is 25.4 Å². The molecule has 1 aliphatic rings. The molecule has 0 heterocycles. The van der Waals surface area contributed by atoms with Gasteiger partial charge in [-0.05, 0) is 34.6 Å². The topological polar surface area (TPSA) is 105 Å². The van der Waals surface area contributed by atoms with Gasteiger partial charge in [-0.15, -0.1) is 0 Å². The second-order valence-electron chi connectivity index (χ2n) is 8.39. The number of rotatable bonds is 10. The molecule has 2 amide bonds. The molecule has 2 unspecified atom stereocenters. The summed E-state index contributed by atoms with van der Waals surface area (Å²) >= 11 is 0. The molecule has 7 heteroatoms. The van der Waals surface area contributed by atoms with Crippen LogP contribution < -0.4 is 10.6 Å². The van der Waals surface area contributed by atoms with Crippen LogP contribution in [0.25, 0.3) is 11.1 Å². The molecule has 0 saturated heterocycles. The van der Waals surface area contributed by atoms with Crippen molar-refractivity contribution in [1.29, 1.82) is 0 Å². The highest BCUT2D eigenvalue weighted by Crippen LogP contribution is 2.44. The van der Waals surface area contributed by atoms with Crippen LogP contribution in [0.5, 0.6) is 0 Å². The first kappa shape index (κ1) is 23.3. The van der Waals surface area contributed by atoms with Gasteiger partial charge in [0.25, 0.3) is 0 Å². The van der Waals surface area contributed by atoms with Crippen molar-refractivity contribution in [3.8, 4) is 11.1 Å². The zero-order valence-corrected chi connectivity index (χ0v) is 18.5. The van der Waals surface area contributed by atoms with Gasteiger partial charge >= 0.3 is 12.1 Å². The predicted octanol–water partition coefficient (Wildman–Crippen LogP) is 3.78. The Morgan fingerprint density at radius 3 is 2.12 bits per heavy atom. The van der Waals surface area contributed by atoms with Crippen LogP contribution in [0.1, 0.15) is 43.7 Å². The first-order valence-corrected chi connectivity index (χ1v) is 10.9. The standard InChI is InChI=1S/C25H30N2O5/c1-16(11-12-23(28)29)13-26-24(30)17(2)14-27-25(31)32-15-22-20-9-5-3-7-18(20)19-8-4-6-10-21(19)22/h3-10,16-17,22H,11-15H2,1-2H3,(H,26,30)(H,27,31)(H,28,29). The minimum atomic E-state index is -0.844. The van der Waals surface area contributed by atoms with Crippen LogP contribution in [0, 0.1) is 11.8 Å². The molecule has 170 valence electrons. The summed E-state index contributed by atoms with van der Waals surface area (Å²) in [5.74, 6) is -1.41.